The fourth-order valence-corrected chi connectivity index (χ4v) is 3.48. The van der Waals surface area contributed by atoms with E-state index < -0.39 is 5.91 Å². The number of hydrogen-bond acceptors (Lipinski definition) is 8. The third kappa shape index (κ3) is 3.32. The molecule has 29 heavy (non-hydrogen) atoms. The average molecular weight is 400 g/mol. The molecule has 0 atom stereocenters. The Hall–Kier alpha value is -4.05. The van der Waals surface area contributed by atoms with Crippen LogP contribution in [-0.2, 0) is 0 Å². The van der Waals surface area contributed by atoms with Crippen LogP contribution in [0.15, 0.2) is 66.6 Å². The van der Waals surface area contributed by atoms with Crippen LogP contribution in [0, 0.1) is 0 Å². The normalized spacial score (nSPS) is 10.9. The fraction of sp³-hybridized carbons (Fsp3) is 0. The van der Waals surface area contributed by atoms with E-state index in [0.717, 1.165) is 16.6 Å². The largest absolute Gasteiger partial charge is 0.296 e. The van der Waals surface area contributed by atoms with E-state index in [0.29, 0.717) is 16.6 Å². The van der Waals surface area contributed by atoms with Gasteiger partial charge in [0, 0.05) is 23.2 Å². The number of carbonyl (C=O) groups is 1. The molecule has 10 heteroatoms. The highest BCUT2D eigenvalue weighted by Gasteiger charge is 2.17. The minimum Gasteiger partial charge on any atom is -0.296 e. The van der Waals surface area contributed by atoms with Crippen molar-refractivity contribution >= 4 is 33.3 Å². The highest BCUT2D eigenvalue weighted by molar-refractivity contribution is 7.14. The topological polar surface area (TPSA) is 111 Å². The maximum Gasteiger partial charge on any atom is 0.277 e. The first kappa shape index (κ1) is 17.1. The van der Waals surface area contributed by atoms with Crippen LogP contribution in [0.5, 0.6) is 0 Å². The molecule has 0 aliphatic rings. The molecule has 140 valence electrons. The second-order valence-corrected chi connectivity index (χ2v) is 6.83. The zero-order valence-electron chi connectivity index (χ0n) is 14.8. The zero-order chi connectivity index (χ0) is 19.6. The molecule has 0 radical (unpaired) electrons. The summed E-state index contributed by atoms with van der Waals surface area (Å²) in [7, 11) is 0. The van der Waals surface area contributed by atoms with Crippen LogP contribution in [-0.4, -0.2) is 40.8 Å². The fourth-order valence-electron chi connectivity index (χ4n) is 2.78. The Balaban J connectivity index is 1.39. The predicted octanol–water partition coefficient (Wildman–Crippen LogP) is 2.98. The number of aromatic nitrogens is 7. The number of nitrogens with one attached hydrogen (secondary N) is 1. The first-order valence-corrected chi connectivity index (χ1v) is 9.46. The first-order valence-electron chi connectivity index (χ1n) is 8.58. The summed E-state index contributed by atoms with van der Waals surface area (Å²) >= 11 is 1.32. The minimum atomic E-state index is -0.395. The van der Waals surface area contributed by atoms with E-state index in [-0.39, 0.29) is 5.69 Å². The molecule has 0 saturated heterocycles. The van der Waals surface area contributed by atoms with Crippen LogP contribution in [0.2, 0.25) is 0 Å². The van der Waals surface area contributed by atoms with E-state index >= 15 is 0 Å². The number of fused-ring (bicyclic) bond motifs is 1. The van der Waals surface area contributed by atoms with Gasteiger partial charge in [-0.1, -0.05) is 29.5 Å². The summed E-state index contributed by atoms with van der Waals surface area (Å²) in [5, 5.41) is 13.8. The van der Waals surface area contributed by atoms with Crippen molar-refractivity contribution in [2.75, 3.05) is 5.32 Å². The van der Waals surface area contributed by atoms with Crippen molar-refractivity contribution < 1.29 is 4.79 Å². The van der Waals surface area contributed by atoms with E-state index in [1.165, 1.54) is 40.8 Å². The molecule has 5 aromatic rings. The highest BCUT2D eigenvalue weighted by Crippen LogP contribution is 2.25. The van der Waals surface area contributed by atoms with Gasteiger partial charge in [-0.2, -0.15) is 4.68 Å². The Morgan fingerprint density at radius 2 is 1.93 bits per heavy atom. The lowest BCUT2D eigenvalue weighted by atomic mass is 10.2. The maximum atomic E-state index is 12.7. The van der Waals surface area contributed by atoms with E-state index in [2.05, 4.69) is 35.6 Å². The molecule has 0 aliphatic heterocycles. The van der Waals surface area contributed by atoms with Crippen molar-refractivity contribution in [3.8, 4) is 17.2 Å². The molecule has 1 N–H and O–H groups in total. The van der Waals surface area contributed by atoms with Crippen LogP contribution >= 0.6 is 11.3 Å². The van der Waals surface area contributed by atoms with Crippen LogP contribution < -0.4 is 5.32 Å². The van der Waals surface area contributed by atoms with Crippen molar-refractivity contribution in [2.24, 2.45) is 0 Å². The van der Waals surface area contributed by atoms with Crippen molar-refractivity contribution in [1.82, 2.24) is 34.9 Å². The number of thiazole rings is 1. The molecule has 0 bridgehead atoms. The molecule has 0 aliphatic carbocycles. The molecular formula is C19H12N8OS. The van der Waals surface area contributed by atoms with E-state index in [4.69, 9.17) is 0 Å². The van der Waals surface area contributed by atoms with Gasteiger partial charge in [0.1, 0.15) is 5.69 Å². The second-order valence-electron chi connectivity index (χ2n) is 5.98. The van der Waals surface area contributed by atoms with Gasteiger partial charge in [0.15, 0.2) is 16.6 Å². The lowest BCUT2D eigenvalue weighted by molar-refractivity contribution is 0.101. The molecule has 0 unspecified atom stereocenters. The Bertz CT molecular complexity index is 1310. The van der Waals surface area contributed by atoms with E-state index in [1.807, 2.05) is 41.8 Å². The van der Waals surface area contributed by atoms with Crippen LogP contribution in [0.1, 0.15) is 10.5 Å². The van der Waals surface area contributed by atoms with Gasteiger partial charge < -0.3 is 0 Å². The lowest BCUT2D eigenvalue weighted by Gasteiger charge is -2.04. The van der Waals surface area contributed by atoms with Gasteiger partial charge >= 0.3 is 0 Å². The summed E-state index contributed by atoms with van der Waals surface area (Å²) in [5.74, 6) is 0.00312. The third-order valence-corrected chi connectivity index (χ3v) is 4.89. The van der Waals surface area contributed by atoms with Crippen molar-refractivity contribution in [1.29, 1.82) is 0 Å². The Morgan fingerprint density at radius 1 is 1.00 bits per heavy atom. The molecule has 0 spiro atoms. The molecule has 0 fully saturated rings. The lowest BCUT2D eigenvalue weighted by Crippen LogP contribution is -2.17. The standard InChI is InChI=1S/C19H12N8OS/c28-18(16-9-22-26-27(16)17-10-20-7-8-21-17)25-19-24-15(11-29-19)14-6-5-12-3-1-2-4-13(12)23-14/h1-11H,(H,24,25,28). The molecule has 0 saturated carbocycles. The van der Waals surface area contributed by atoms with Crippen LogP contribution in [0.25, 0.3) is 28.1 Å². The molecule has 4 heterocycles. The maximum absolute atomic E-state index is 12.7. The highest BCUT2D eigenvalue weighted by atomic mass is 32.1. The Morgan fingerprint density at radius 3 is 2.83 bits per heavy atom. The van der Waals surface area contributed by atoms with Crippen LogP contribution in [0.4, 0.5) is 5.13 Å². The van der Waals surface area contributed by atoms with Gasteiger partial charge in [-0.25, -0.2) is 15.0 Å². The third-order valence-electron chi connectivity index (χ3n) is 4.13. The number of pyridine rings is 1. The summed E-state index contributed by atoms with van der Waals surface area (Å²) in [6, 6.07) is 11.8. The minimum absolute atomic E-state index is 0.228. The number of rotatable bonds is 4. The van der Waals surface area contributed by atoms with Crippen molar-refractivity contribution in [3.05, 3.63) is 72.3 Å². The van der Waals surface area contributed by atoms with Gasteiger partial charge in [0.25, 0.3) is 5.91 Å². The van der Waals surface area contributed by atoms with Gasteiger partial charge in [0.2, 0.25) is 0 Å². The number of carbonyl (C=O) groups excluding carboxylic acids is 1. The van der Waals surface area contributed by atoms with Gasteiger partial charge in [0.05, 0.1) is 23.6 Å². The molecule has 5 rings (SSSR count). The number of nitrogens with zero attached hydrogens (tertiary/aromatic N) is 7. The predicted molar refractivity (Wildman–Crippen MR) is 108 cm³/mol. The number of hydrogen-bond donors (Lipinski definition) is 1. The molecule has 9 nitrogen and oxygen atoms in total. The average Bonchev–Trinajstić information content (AvgIpc) is 3.44. The number of amides is 1. The summed E-state index contributed by atoms with van der Waals surface area (Å²) in [6.45, 7) is 0. The number of anilines is 1. The Kier molecular flexibility index (Phi) is 4.22. The molecule has 1 amide bonds. The second kappa shape index (κ2) is 7.17. The van der Waals surface area contributed by atoms with Gasteiger partial charge in [-0.05, 0) is 12.1 Å². The first-order chi connectivity index (χ1) is 14.3. The van der Waals surface area contributed by atoms with Gasteiger partial charge in [-0.3, -0.25) is 15.1 Å². The zero-order valence-corrected chi connectivity index (χ0v) is 15.6. The van der Waals surface area contributed by atoms with Crippen molar-refractivity contribution in [2.45, 2.75) is 0 Å². The molecule has 4 aromatic heterocycles. The summed E-state index contributed by atoms with van der Waals surface area (Å²) in [5.41, 5.74) is 2.55. The van der Waals surface area contributed by atoms with Gasteiger partial charge in [-0.15, -0.1) is 16.4 Å². The van der Waals surface area contributed by atoms with E-state index in [1.54, 1.807) is 0 Å². The molecule has 1 aromatic carbocycles. The number of benzene rings is 1. The van der Waals surface area contributed by atoms with Crippen LogP contribution in [0.3, 0.4) is 0 Å². The smallest absolute Gasteiger partial charge is 0.277 e. The molecular weight excluding hydrogens is 388 g/mol. The van der Waals surface area contributed by atoms with E-state index in [9.17, 15) is 4.79 Å². The quantitative estimate of drug-likeness (QED) is 0.493. The van der Waals surface area contributed by atoms with Crippen molar-refractivity contribution in [3.63, 3.8) is 0 Å². The monoisotopic (exact) mass is 400 g/mol. The summed E-state index contributed by atoms with van der Waals surface area (Å²) < 4.78 is 1.32. The SMILES string of the molecule is O=C(Nc1nc(-c2ccc3ccccc3n2)cs1)c1cnnn1-c1cnccn1. The Labute approximate surface area is 168 Å². The summed E-state index contributed by atoms with van der Waals surface area (Å²) in [4.78, 5) is 29.9. The summed E-state index contributed by atoms with van der Waals surface area (Å²) in [6.07, 6.45) is 5.92. The number of para-hydroxylation sites is 1.